The zero-order valence-electron chi connectivity index (χ0n) is 9.69. The van der Waals surface area contributed by atoms with Crippen LogP contribution in [0, 0.1) is 0 Å². The topological polar surface area (TPSA) is 51.2 Å². The molecule has 0 aliphatic heterocycles. The third-order valence-electron chi connectivity index (χ3n) is 2.92. The number of halogens is 2. The maximum atomic E-state index is 5.93. The molecule has 0 fully saturated rings. The van der Waals surface area contributed by atoms with E-state index >= 15 is 0 Å². The Bertz CT molecular complexity index is 722. The minimum atomic E-state index is -0.167. The lowest BCUT2D eigenvalue weighted by atomic mass is 10.1. The largest absolute Gasteiger partial charge is 0.458 e. The Morgan fingerprint density at radius 2 is 2.05 bits per heavy atom. The van der Waals surface area contributed by atoms with Gasteiger partial charge in [-0.1, -0.05) is 12.1 Å². The fourth-order valence-corrected chi connectivity index (χ4v) is 4.03. The molecule has 0 aliphatic carbocycles. The fraction of sp³-hybridized carbons (Fsp3) is 0.0769. The van der Waals surface area contributed by atoms with Crippen molar-refractivity contribution in [2.24, 2.45) is 5.84 Å². The van der Waals surface area contributed by atoms with Gasteiger partial charge in [0.2, 0.25) is 0 Å². The van der Waals surface area contributed by atoms with Crippen molar-refractivity contribution in [1.82, 2.24) is 5.43 Å². The van der Waals surface area contributed by atoms with E-state index in [1.165, 1.54) is 0 Å². The predicted molar refractivity (Wildman–Crippen MR) is 85.1 cm³/mol. The maximum absolute atomic E-state index is 5.93. The number of hydrazine groups is 1. The van der Waals surface area contributed by atoms with E-state index in [1.807, 2.05) is 29.6 Å². The van der Waals surface area contributed by atoms with Crippen LogP contribution in [0.2, 0.25) is 0 Å². The Labute approximate surface area is 131 Å². The molecular weight excluding hydrogens is 392 g/mol. The highest BCUT2D eigenvalue weighted by atomic mass is 79.9. The van der Waals surface area contributed by atoms with Crippen LogP contribution in [0.5, 0.6) is 0 Å². The smallest absolute Gasteiger partial charge is 0.148 e. The van der Waals surface area contributed by atoms with Crippen LogP contribution in [0.15, 0.2) is 48.4 Å². The first-order chi connectivity index (χ1) is 9.20. The zero-order chi connectivity index (χ0) is 13.4. The molecule has 0 amide bonds. The molecule has 3 N–H and O–H groups in total. The van der Waals surface area contributed by atoms with E-state index in [0.717, 1.165) is 31.2 Å². The number of para-hydroxylation sites is 1. The first-order valence-electron chi connectivity index (χ1n) is 5.56. The summed E-state index contributed by atoms with van der Waals surface area (Å²) >= 11 is 8.64. The first-order valence-corrected chi connectivity index (χ1v) is 8.09. The van der Waals surface area contributed by atoms with Crippen molar-refractivity contribution in [3.05, 3.63) is 55.3 Å². The number of hydrogen-bond acceptors (Lipinski definition) is 4. The molecule has 19 heavy (non-hydrogen) atoms. The molecule has 2 aromatic heterocycles. The molecule has 0 radical (unpaired) electrons. The Hall–Kier alpha value is -0.660. The summed E-state index contributed by atoms with van der Waals surface area (Å²) in [7, 11) is 0. The molecule has 98 valence electrons. The van der Waals surface area contributed by atoms with Crippen molar-refractivity contribution >= 4 is 54.2 Å². The second-order valence-corrected chi connectivity index (χ2v) is 6.53. The normalized spacial score (nSPS) is 13.0. The molecule has 3 nitrogen and oxygen atoms in total. The Kier molecular flexibility index (Phi) is 3.77. The molecule has 3 rings (SSSR count). The Morgan fingerprint density at radius 3 is 2.68 bits per heavy atom. The summed E-state index contributed by atoms with van der Waals surface area (Å²) in [6, 6.07) is 7.80. The molecule has 3 aromatic rings. The van der Waals surface area contributed by atoms with Crippen molar-refractivity contribution in [2.75, 3.05) is 0 Å². The second kappa shape index (κ2) is 5.38. The number of fused-ring (bicyclic) bond motifs is 1. The van der Waals surface area contributed by atoms with Crippen LogP contribution < -0.4 is 11.3 Å². The zero-order valence-corrected chi connectivity index (χ0v) is 13.7. The van der Waals surface area contributed by atoms with Gasteiger partial charge in [-0.15, -0.1) is 0 Å². The van der Waals surface area contributed by atoms with E-state index in [2.05, 4.69) is 42.7 Å². The summed E-state index contributed by atoms with van der Waals surface area (Å²) in [5, 5.41) is 5.13. The van der Waals surface area contributed by atoms with E-state index < -0.39 is 0 Å². The van der Waals surface area contributed by atoms with Crippen LogP contribution in [0.1, 0.15) is 17.4 Å². The number of furan rings is 1. The van der Waals surface area contributed by atoms with E-state index in [1.54, 1.807) is 11.3 Å². The molecule has 2 heterocycles. The predicted octanol–water partition coefficient (Wildman–Crippen LogP) is 4.57. The van der Waals surface area contributed by atoms with Crippen LogP contribution in [0.25, 0.3) is 11.0 Å². The van der Waals surface area contributed by atoms with Crippen LogP contribution in [0.4, 0.5) is 0 Å². The van der Waals surface area contributed by atoms with Crippen LogP contribution in [-0.2, 0) is 0 Å². The van der Waals surface area contributed by atoms with Crippen molar-refractivity contribution in [2.45, 2.75) is 6.04 Å². The Balaban J connectivity index is 2.12. The summed E-state index contributed by atoms with van der Waals surface area (Å²) in [6.45, 7) is 0. The summed E-state index contributed by atoms with van der Waals surface area (Å²) in [6.07, 6.45) is 0. The van der Waals surface area contributed by atoms with Crippen molar-refractivity contribution < 1.29 is 4.42 Å². The van der Waals surface area contributed by atoms with E-state index in [-0.39, 0.29) is 6.04 Å². The lowest BCUT2D eigenvalue weighted by Crippen LogP contribution is -2.28. The highest BCUT2D eigenvalue weighted by Crippen LogP contribution is 2.35. The molecule has 0 bridgehead atoms. The van der Waals surface area contributed by atoms with E-state index in [4.69, 9.17) is 10.3 Å². The number of nitrogens with two attached hydrogens (primary N) is 1. The molecule has 0 spiro atoms. The number of hydrogen-bond donors (Lipinski definition) is 2. The number of thiophene rings is 1. The summed E-state index contributed by atoms with van der Waals surface area (Å²) in [5.41, 5.74) is 4.72. The van der Waals surface area contributed by atoms with Gasteiger partial charge in [-0.25, -0.2) is 5.43 Å². The molecule has 1 atom stereocenters. The lowest BCUT2D eigenvalue weighted by Gasteiger charge is -2.12. The fourth-order valence-electron chi connectivity index (χ4n) is 2.01. The van der Waals surface area contributed by atoms with Gasteiger partial charge >= 0.3 is 0 Å². The van der Waals surface area contributed by atoms with Crippen LogP contribution in [0.3, 0.4) is 0 Å². The third kappa shape index (κ3) is 2.39. The van der Waals surface area contributed by atoms with Crippen LogP contribution >= 0.6 is 43.2 Å². The summed E-state index contributed by atoms with van der Waals surface area (Å²) in [4.78, 5) is 0. The highest BCUT2D eigenvalue weighted by molar-refractivity contribution is 9.11. The lowest BCUT2D eigenvalue weighted by molar-refractivity contribution is 0.476. The second-order valence-electron chi connectivity index (χ2n) is 4.08. The average Bonchev–Trinajstić information content (AvgIpc) is 2.99. The number of nitrogens with one attached hydrogen (secondary N) is 1. The van der Waals surface area contributed by atoms with Crippen molar-refractivity contribution in [3.8, 4) is 0 Å². The molecule has 1 aromatic carbocycles. The minimum Gasteiger partial charge on any atom is -0.458 e. The molecular formula is C13H10Br2N2OS. The van der Waals surface area contributed by atoms with Gasteiger partial charge in [-0.3, -0.25) is 5.84 Å². The van der Waals surface area contributed by atoms with Crippen molar-refractivity contribution in [1.29, 1.82) is 0 Å². The molecule has 1 unspecified atom stereocenters. The first kappa shape index (κ1) is 13.3. The monoisotopic (exact) mass is 400 g/mol. The van der Waals surface area contributed by atoms with Gasteiger partial charge in [0.05, 0.1) is 4.47 Å². The SMILES string of the molecule is NNC(c1cc2cccc(Br)c2o1)c1cscc1Br. The molecule has 6 heteroatoms. The van der Waals surface area contributed by atoms with E-state index in [9.17, 15) is 0 Å². The third-order valence-corrected chi connectivity index (χ3v) is 5.30. The van der Waals surface area contributed by atoms with E-state index in [0.29, 0.717) is 0 Å². The molecule has 0 aliphatic rings. The van der Waals surface area contributed by atoms with Gasteiger partial charge in [-0.2, -0.15) is 11.3 Å². The highest BCUT2D eigenvalue weighted by Gasteiger charge is 2.20. The quantitative estimate of drug-likeness (QED) is 0.499. The van der Waals surface area contributed by atoms with Gasteiger partial charge in [0, 0.05) is 20.8 Å². The van der Waals surface area contributed by atoms with Gasteiger partial charge < -0.3 is 4.42 Å². The van der Waals surface area contributed by atoms with Crippen molar-refractivity contribution in [3.63, 3.8) is 0 Å². The molecule has 0 saturated heterocycles. The van der Waals surface area contributed by atoms with Gasteiger partial charge in [-0.05, 0) is 49.4 Å². The average molecular weight is 402 g/mol. The van der Waals surface area contributed by atoms with Crippen LogP contribution in [-0.4, -0.2) is 0 Å². The standard InChI is InChI=1S/C13H10Br2N2OS/c14-9-3-1-2-7-4-11(18-13(7)9)12(17-16)8-5-19-6-10(8)15/h1-6,12,17H,16H2. The summed E-state index contributed by atoms with van der Waals surface area (Å²) in [5.74, 6) is 6.48. The maximum Gasteiger partial charge on any atom is 0.148 e. The van der Waals surface area contributed by atoms with Gasteiger partial charge in [0.15, 0.2) is 0 Å². The Morgan fingerprint density at radius 1 is 1.21 bits per heavy atom. The number of rotatable bonds is 3. The minimum absolute atomic E-state index is 0.167. The number of benzene rings is 1. The molecule has 0 saturated carbocycles. The summed E-state index contributed by atoms with van der Waals surface area (Å²) < 4.78 is 7.89. The van der Waals surface area contributed by atoms with Gasteiger partial charge in [0.25, 0.3) is 0 Å². The van der Waals surface area contributed by atoms with Gasteiger partial charge in [0.1, 0.15) is 17.4 Å².